The molecular weight excluding hydrogens is 262 g/mol. The molecule has 0 aliphatic carbocycles. The molecule has 4 heteroatoms. The van der Waals surface area contributed by atoms with Gasteiger partial charge in [-0.2, -0.15) is 0 Å². The van der Waals surface area contributed by atoms with E-state index in [1.54, 1.807) is 0 Å². The average molecular weight is 303 g/mol. The zero-order chi connectivity index (χ0) is 15.6. The molecule has 0 aromatic heterocycles. The first-order valence-electron chi connectivity index (χ1n) is 8.48. The van der Waals surface area contributed by atoms with Crippen LogP contribution in [-0.2, 0) is 0 Å². The monoisotopic (exact) mass is 302 g/mol. The highest BCUT2D eigenvalue weighted by atomic mass is 28.3. The topological polar surface area (TPSA) is 6.48 Å². The molecular formula is C16H40N3Si+. The fourth-order valence-electron chi connectivity index (χ4n) is 3.48. The van der Waals surface area contributed by atoms with Gasteiger partial charge in [-0.05, 0) is 41.0 Å². The van der Waals surface area contributed by atoms with Crippen LogP contribution in [0.3, 0.4) is 0 Å². The van der Waals surface area contributed by atoms with Crippen LogP contribution < -0.4 is 0 Å². The molecule has 0 saturated heterocycles. The summed E-state index contributed by atoms with van der Waals surface area (Å²) >= 11 is 0. The van der Waals surface area contributed by atoms with Gasteiger partial charge < -0.3 is 4.15 Å². The van der Waals surface area contributed by atoms with Crippen LogP contribution in [0.1, 0.15) is 58.3 Å². The van der Waals surface area contributed by atoms with Gasteiger partial charge in [-0.15, -0.1) is 0 Å². The van der Waals surface area contributed by atoms with Gasteiger partial charge in [0.25, 0.3) is 0 Å². The third kappa shape index (κ3) is 8.40. The molecule has 0 heterocycles. The summed E-state index contributed by atoms with van der Waals surface area (Å²) < 4.78 is 6.12. The summed E-state index contributed by atoms with van der Waals surface area (Å²) in [6.45, 7) is 3.61. The predicted molar refractivity (Wildman–Crippen MR) is 94.1 cm³/mol. The van der Waals surface area contributed by atoms with E-state index in [1.807, 2.05) is 0 Å². The summed E-state index contributed by atoms with van der Waals surface area (Å²) in [4.78, 5) is 0. The first-order valence-corrected chi connectivity index (χ1v) is 10.0. The number of unbranched alkanes of at least 4 members (excludes halogenated alkanes) is 7. The Bertz CT molecular complexity index is 222. The minimum atomic E-state index is -1.06. The van der Waals surface area contributed by atoms with Crippen molar-refractivity contribution >= 4 is 9.28 Å². The van der Waals surface area contributed by atoms with E-state index in [-0.39, 0.29) is 0 Å². The Morgan fingerprint density at radius 2 is 1.10 bits per heavy atom. The van der Waals surface area contributed by atoms with E-state index in [4.69, 9.17) is 0 Å². The van der Waals surface area contributed by atoms with Crippen molar-refractivity contribution in [2.75, 3.05) is 48.8 Å². The molecule has 0 saturated carbocycles. The highest BCUT2D eigenvalue weighted by Crippen LogP contribution is 2.13. The Labute approximate surface area is 130 Å². The van der Waals surface area contributed by atoms with E-state index in [1.165, 1.54) is 62.1 Å². The van der Waals surface area contributed by atoms with Gasteiger partial charge in [0.2, 0.25) is 0 Å². The summed E-state index contributed by atoms with van der Waals surface area (Å²) in [6, 6.07) is 0. The summed E-state index contributed by atoms with van der Waals surface area (Å²) in [6.07, 6.45) is 11.3. The van der Waals surface area contributed by atoms with E-state index in [0.29, 0.717) is 0 Å². The van der Waals surface area contributed by atoms with Crippen LogP contribution in [0.4, 0.5) is 0 Å². The van der Waals surface area contributed by atoms with Crippen LogP contribution >= 0.6 is 0 Å². The average Bonchev–Trinajstić information content (AvgIpc) is 2.30. The minimum absolute atomic E-state index is 1.06. The summed E-state index contributed by atoms with van der Waals surface area (Å²) in [7, 11) is 12.7. The summed E-state index contributed by atoms with van der Waals surface area (Å²) in [5, 5.41) is 0. The lowest BCUT2D eigenvalue weighted by molar-refractivity contribution is -0.793. The first-order chi connectivity index (χ1) is 9.33. The normalized spacial score (nSPS) is 12.9. The lowest BCUT2D eigenvalue weighted by atomic mass is 10.1. The molecule has 122 valence electrons. The van der Waals surface area contributed by atoms with Crippen molar-refractivity contribution in [3.63, 3.8) is 0 Å². The van der Waals surface area contributed by atoms with Gasteiger partial charge in [0.05, 0.1) is 20.6 Å². The molecule has 0 aliphatic rings. The highest BCUT2D eigenvalue weighted by molar-refractivity contribution is 6.44. The first kappa shape index (κ1) is 20.1. The van der Waals surface area contributed by atoms with Crippen molar-refractivity contribution in [2.24, 2.45) is 0 Å². The predicted octanol–water partition coefficient (Wildman–Crippen LogP) is 3.04. The Morgan fingerprint density at radius 1 is 0.700 bits per heavy atom. The molecule has 0 aromatic carbocycles. The molecule has 0 N–H and O–H groups in total. The lowest BCUT2D eigenvalue weighted by Crippen LogP contribution is -2.66. The van der Waals surface area contributed by atoms with Gasteiger partial charge in [-0.25, -0.2) is 0 Å². The molecule has 0 aliphatic heterocycles. The molecule has 0 atom stereocenters. The van der Waals surface area contributed by atoms with E-state index in [0.717, 1.165) is 0 Å². The second-order valence-electron chi connectivity index (χ2n) is 7.25. The highest BCUT2D eigenvalue weighted by Gasteiger charge is 2.36. The summed E-state index contributed by atoms with van der Waals surface area (Å²) in [5.41, 5.74) is 0. The molecule has 0 unspecified atom stereocenters. The molecule has 0 spiro atoms. The van der Waals surface area contributed by atoms with Gasteiger partial charge in [-0.3, -0.25) is 9.13 Å². The number of rotatable bonds is 12. The third-order valence-electron chi connectivity index (χ3n) is 4.14. The standard InChI is InChI=1S/C16H40N3Si/c1-8-9-10-11-12-13-14-15-16-19(6,7)20(17(2)3)18(4)5/h20H,8-16H2,1-7H3/q+1. The maximum Gasteiger partial charge on any atom is 0.439 e. The van der Waals surface area contributed by atoms with E-state index >= 15 is 0 Å². The fraction of sp³-hybridized carbons (Fsp3) is 1.00. The molecule has 0 radical (unpaired) electrons. The summed E-state index contributed by atoms with van der Waals surface area (Å²) in [5.74, 6) is 0. The quantitative estimate of drug-likeness (QED) is 0.404. The largest absolute Gasteiger partial charge is 0.439 e. The second-order valence-corrected chi connectivity index (χ2v) is 11.4. The zero-order valence-electron chi connectivity index (χ0n) is 15.3. The van der Waals surface area contributed by atoms with Gasteiger partial charge >= 0.3 is 9.28 Å². The Hall–Kier alpha value is 0.0969. The van der Waals surface area contributed by atoms with Crippen molar-refractivity contribution in [2.45, 2.75) is 58.3 Å². The molecule has 3 nitrogen and oxygen atoms in total. The Kier molecular flexibility index (Phi) is 10.8. The smallest absolute Gasteiger partial charge is 0.365 e. The van der Waals surface area contributed by atoms with E-state index in [2.05, 4.69) is 58.3 Å². The van der Waals surface area contributed by atoms with Crippen LogP contribution in [0.15, 0.2) is 0 Å². The third-order valence-corrected chi connectivity index (χ3v) is 7.49. The SMILES string of the molecule is CCCCCCCCCC[N+](C)(C)[SiH](N(C)C)N(C)C. The molecule has 0 bridgehead atoms. The van der Waals surface area contributed by atoms with Crippen LogP contribution in [0.2, 0.25) is 0 Å². The molecule has 0 fully saturated rings. The van der Waals surface area contributed by atoms with E-state index in [9.17, 15) is 0 Å². The number of quaternary nitrogens is 1. The van der Waals surface area contributed by atoms with Crippen LogP contribution in [-0.4, -0.2) is 71.4 Å². The Morgan fingerprint density at radius 3 is 1.50 bits per heavy atom. The maximum atomic E-state index is 2.46. The van der Waals surface area contributed by atoms with Crippen LogP contribution in [0.25, 0.3) is 0 Å². The van der Waals surface area contributed by atoms with Gasteiger partial charge in [0, 0.05) is 0 Å². The van der Waals surface area contributed by atoms with Crippen molar-refractivity contribution in [3.05, 3.63) is 0 Å². The Balaban J connectivity index is 3.86. The molecule has 0 rings (SSSR count). The van der Waals surface area contributed by atoms with Gasteiger partial charge in [0.15, 0.2) is 0 Å². The number of hydrogen-bond donors (Lipinski definition) is 0. The second kappa shape index (κ2) is 10.8. The van der Waals surface area contributed by atoms with Crippen molar-refractivity contribution < 1.29 is 4.15 Å². The minimum Gasteiger partial charge on any atom is -0.365 e. The van der Waals surface area contributed by atoms with Crippen molar-refractivity contribution in [3.8, 4) is 0 Å². The van der Waals surface area contributed by atoms with Gasteiger partial charge in [0.1, 0.15) is 0 Å². The fourth-order valence-corrected chi connectivity index (χ4v) is 7.32. The van der Waals surface area contributed by atoms with Crippen LogP contribution in [0, 0.1) is 0 Å². The molecule has 0 amide bonds. The van der Waals surface area contributed by atoms with Crippen molar-refractivity contribution in [1.82, 2.24) is 9.13 Å². The lowest BCUT2D eigenvalue weighted by Gasteiger charge is -2.42. The number of hydrogen-bond acceptors (Lipinski definition) is 2. The van der Waals surface area contributed by atoms with Crippen molar-refractivity contribution in [1.29, 1.82) is 0 Å². The molecule has 0 aromatic rings. The van der Waals surface area contributed by atoms with Gasteiger partial charge in [-0.1, -0.05) is 45.4 Å². The zero-order valence-corrected chi connectivity index (χ0v) is 16.4. The van der Waals surface area contributed by atoms with Crippen LogP contribution in [0.5, 0.6) is 0 Å². The van der Waals surface area contributed by atoms with E-state index < -0.39 is 9.28 Å². The number of nitrogens with zero attached hydrogens (tertiary/aromatic N) is 3. The molecule has 20 heavy (non-hydrogen) atoms. The maximum absolute atomic E-state index is 2.46.